The van der Waals surface area contributed by atoms with Crippen LogP contribution >= 0.6 is 0 Å². The van der Waals surface area contributed by atoms with Crippen molar-refractivity contribution in [2.45, 2.75) is 83.2 Å². The Morgan fingerprint density at radius 2 is 1.22 bits per heavy atom. The van der Waals surface area contributed by atoms with Crippen LogP contribution in [-0.4, -0.2) is 29.5 Å². The Kier molecular flexibility index (Phi) is 5.95. The standard InChI is InChI=1S/C20H29N3/c1-16-12-19(14-21-17-8-4-2-5-9-17)23-20(13-16)15-22-18-10-6-3-7-11-18/h12-15,17-18H,2-11H2,1H3. The molecule has 1 heterocycles. The average Bonchev–Trinajstić information content (AvgIpc) is 2.60. The zero-order valence-electron chi connectivity index (χ0n) is 14.4. The topological polar surface area (TPSA) is 37.6 Å². The van der Waals surface area contributed by atoms with Gasteiger partial charge in [-0.1, -0.05) is 38.5 Å². The minimum atomic E-state index is 0.505. The van der Waals surface area contributed by atoms with Crippen LogP contribution < -0.4 is 0 Å². The van der Waals surface area contributed by atoms with Crippen LogP contribution in [0.5, 0.6) is 0 Å². The summed E-state index contributed by atoms with van der Waals surface area (Å²) in [5, 5.41) is 0. The summed E-state index contributed by atoms with van der Waals surface area (Å²) in [6.45, 7) is 2.12. The van der Waals surface area contributed by atoms with Crippen LogP contribution in [0.2, 0.25) is 0 Å². The molecule has 2 saturated carbocycles. The van der Waals surface area contributed by atoms with Gasteiger partial charge in [-0.2, -0.15) is 0 Å². The van der Waals surface area contributed by atoms with E-state index in [9.17, 15) is 0 Å². The Morgan fingerprint density at radius 1 is 0.783 bits per heavy atom. The number of pyridine rings is 1. The normalized spacial score (nSPS) is 21.4. The van der Waals surface area contributed by atoms with Gasteiger partial charge >= 0.3 is 0 Å². The molecule has 0 spiro atoms. The van der Waals surface area contributed by atoms with E-state index in [1.54, 1.807) is 0 Å². The molecule has 1 aromatic rings. The molecule has 3 nitrogen and oxygen atoms in total. The van der Waals surface area contributed by atoms with E-state index in [1.807, 2.05) is 12.4 Å². The molecule has 0 atom stereocenters. The van der Waals surface area contributed by atoms with Crippen LogP contribution in [0, 0.1) is 6.92 Å². The molecule has 2 aliphatic rings. The van der Waals surface area contributed by atoms with Crippen molar-refractivity contribution in [3.8, 4) is 0 Å². The molecule has 3 heteroatoms. The summed E-state index contributed by atoms with van der Waals surface area (Å²) in [5.41, 5.74) is 3.18. The molecule has 2 aliphatic carbocycles. The smallest absolute Gasteiger partial charge is 0.0818 e. The van der Waals surface area contributed by atoms with Crippen molar-refractivity contribution in [3.63, 3.8) is 0 Å². The number of nitrogens with zero attached hydrogens (tertiary/aromatic N) is 3. The van der Waals surface area contributed by atoms with E-state index < -0.39 is 0 Å². The second-order valence-electron chi connectivity index (χ2n) is 7.13. The van der Waals surface area contributed by atoms with Gasteiger partial charge in [-0.25, -0.2) is 4.98 Å². The number of hydrogen-bond donors (Lipinski definition) is 0. The molecule has 2 fully saturated rings. The number of aliphatic imine (C=N–C) groups is 2. The zero-order valence-corrected chi connectivity index (χ0v) is 14.4. The number of aromatic nitrogens is 1. The highest BCUT2D eigenvalue weighted by molar-refractivity contribution is 5.82. The van der Waals surface area contributed by atoms with Crippen molar-refractivity contribution in [1.82, 2.24) is 4.98 Å². The van der Waals surface area contributed by atoms with Gasteiger partial charge in [0.05, 0.1) is 23.5 Å². The monoisotopic (exact) mass is 311 g/mol. The van der Waals surface area contributed by atoms with E-state index in [0.717, 1.165) is 11.4 Å². The number of hydrogen-bond acceptors (Lipinski definition) is 3. The fourth-order valence-electron chi connectivity index (χ4n) is 3.68. The molecular formula is C20H29N3. The Hall–Kier alpha value is -1.51. The lowest BCUT2D eigenvalue weighted by Gasteiger charge is -2.17. The van der Waals surface area contributed by atoms with Gasteiger partial charge in [-0.05, 0) is 50.3 Å². The molecule has 3 rings (SSSR count). The highest BCUT2D eigenvalue weighted by Crippen LogP contribution is 2.21. The molecule has 0 aliphatic heterocycles. The maximum atomic E-state index is 4.75. The SMILES string of the molecule is Cc1cc(C=NC2CCCCC2)nc(C=NC2CCCCC2)c1. The van der Waals surface area contributed by atoms with Crippen LogP contribution in [0.3, 0.4) is 0 Å². The molecule has 0 radical (unpaired) electrons. The van der Waals surface area contributed by atoms with E-state index in [-0.39, 0.29) is 0 Å². The summed E-state index contributed by atoms with van der Waals surface area (Å²) < 4.78 is 0. The summed E-state index contributed by atoms with van der Waals surface area (Å²) >= 11 is 0. The average molecular weight is 311 g/mol. The van der Waals surface area contributed by atoms with Crippen LogP contribution in [0.1, 0.15) is 81.2 Å². The highest BCUT2D eigenvalue weighted by atomic mass is 14.8. The summed E-state index contributed by atoms with van der Waals surface area (Å²) in [4.78, 5) is 14.2. The minimum absolute atomic E-state index is 0.505. The van der Waals surface area contributed by atoms with Crippen molar-refractivity contribution in [1.29, 1.82) is 0 Å². The van der Waals surface area contributed by atoms with Gasteiger partial charge in [0, 0.05) is 12.4 Å². The predicted molar refractivity (Wildman–Crippen MR) is 97.9 cm³/mol. The van der Waals surface area contributed by atoms with E-state index in [0.29, 0.717) is 12.1 Å². The molecule has 0 bridgehead atoms. The maximum Gasteiger partial charge on any atom is 0.0818 e. The minimum Gasteiger partial charge on any atom is -0.288 e. The summed E-state index contributed by atoms with van der Waals surface area (Å²) in [5.74, 6) is 0. The van der Waals surface area contributed by atoms with Gasteiger partial charge in [0.2, 0.25) is 0 Å². The lowest BCUT2D eigenvalue weighted by molar-refractivity contribution is 0.444. The molecule has 1 aromatic heterocycles. The van der Waals surface area contributed by atoms with Gasteiger partial charge in [-0.3, -0.25) is 9.98 Å². The molecule has 23 heavy (non-hydrogen) atoms. The Bertz CT molecular complexity index is 504. The number of rotatable bonds is 4. The molecule has 124 valence electrons. The van der Waals surface area contributed by atoms with Gasteiger partial charge in [-0.15, -0.1) is 0 Å². The fraction of sp³-hybridized carbons (Fsp3) is 0.650. The van der Waals surface area contributed by atoms with Crippen molar-refractivity contribution < 1.29 is 0 Å². The first-order valence-electron chi connectivity index (χ1n) is 9.35. The van der Waals surface area contributed by atoms with Crippen LogP contribution in [0.25, 0.3) is 0 Å². The fourth-order valence-corrected chi connectivity index (χ4v) is 3.68. The lowest BCUT2D eigenvalue weighted by Crippen LogP contribution is -2.10. The van der Waals surface area contributed by atoms with Crippen molar-refractivity contribution in [3.05, 3.63) is 29.1 Å². The van der Waals surface area contributed by atoms with Crippen molar-refractivity contribution in [2.24, 2.45) is 9.98 Å². The first kappa shape index (κ1) is 16.4. The molecule has 0 N–H and O–H groups in total. The van der Waals surface area contributed by atoms with E-state index in [4.69, 9.17) is 15.0 Å². The summed E-state index contributed by atoms with van der Waals surface area (Å²) in [7, 11) is 0. The van der Waals surface area contributed by atoms with Crippen LogP contribution in [-0.2, 0) is 0 Å². The van der Waals surface area contributed by atoms with Gasteiger partial charge in [0.15, 0.2) is 0 Å². The quantitative estimate of drug-likeness (QED) is 0.729. The summed E-state index contributed by atoms with van der Waals surface area (Å²) in [6.07, 6.45) is 16.9. The van der Waals surface area contributed by atoms with E-state index in [2.05, 4.69) is 19.1 Å². The van der Waals surface area contributed by atoms with E-state index >= 15 is 0 Å². The van der Waals surface area contributed by atoms with Crippen molar-refractivity contribution in [2.75, 3.05) is 0 Å². The van der Waals surface area contributed by atoms with Gasteiger partial charge in [0.25, 0.3) is 0 Å². The largest absolute Gasteiger partial charge is 0.288 e. The Labute approximate surface area is 140 Å². The third-order valence-electron chi connectivity index (χ3n) is 4.99. The molecule has 0 amide bonds. The van der Waals surface area contributed by atoms with Crippen LogP contribution in [0.4, 0.5) is 0 Å². The van der Waals surface area contributed by atoms with Crippen LogP contribution in [0.15, 0.2) is 22.1 Å². The summed E-state index contributed by atoms with van der Waals surface area (Å²) in [6, 6.07) is 5.24. The van der Waals surface area contributed by atoms with Gasteiger partial charge < -0.3 is 0 Å². The zero-order chi connectivity index (χ0) is 15.9. The predicted octanol–water partition coefficient (Wildman–Crippen LogP) is 4.89. The third-order valence-corrected chi connectivity index (χ3v) is 4.99. The Balaban J connectivity index is 1.65. The maximum absolute atomic E-state index is 4.75. The third kappa shape index (κ3) is 5.26. The molecular weight excluding hydrogens is 282 g/mol. The second kappa shape index (κ2) is 8.37. The lowest BCUT2D eigenvalue weighted by atomic mass is 9.96. The molecule has 0 saturated heterocycles. The molecule has 0 unspecified atom stereocenters. The Morgan fingerprint density at radius 3 is 1.65 bits per heavy atom. The highest BCUT2D eigenvalue weighted by Gasteiger charge is 2.12. The second-order valence-corrected chi connectivity index (χ2v) is 7.13. The van der Waals surface area contributed by atoms with Gasteiger partial charge in [0.1, 0.15) is 0 Å². The number of aryl methyl sites for hydroxylation is 1. The van der Waals surface area contributed by atoms with Crippen molar-refractivity contribution >= 4 is 12.4 Å². The molecule has 0 aromatic carbocycles. The first-order valence-corrected chi connectivity index (χ1v) is 9.35. The van der Waals surface area contributed by atoms with E-state index in [1.165, 1.54) is 69.8 Å². The first-order chi connectivity index (χ1) is 11.3.